The van der Waals surface area contributed by atoms with Crippen molar-refractivity contribution >= 4 is 19.8 Å². The molecule has 3 unspecified atom stereocenters. The van der Waals surface area contributed by atoms with Crippen LogP contribution in [0.25, 0.3) is 0 Å². The molecule has 5 atom stereocenters. The number of aliphatic hydroxyl groups is 3. The minimum atomic E-state index is -4.64. The zero-order valence-electron chi connectivity index (χ0n) is 32.5. The number of aliphatic hydroxyl groups excluding tert-OH is 3. The highest BCUT2D eigenvalue weighted by Crippen LogP contribution is 2.43. The molecule has 0 radical (unpaired) electrons. The van der Waals surface area contributed by atoms with Crippen molar-refractivity contribution < 1.29 is 52.9 Å². The zero-order valence-corrected chi connectivity index (χ0v) is 33.4. The largest absolute Gasteiger partial charge is 0.472 e. The Hall–Kier alpha value is -2.63. The number of esters is 2. The first kappa shape index (κ1) is 50.4. The molecule has 0 rings (SSSR count). The van der Waals surface area contributed by atoms with E-state index in [4.69, 9.17) is 19.1 Å². The van der Waals surface area contributed by atoms with E-state index in [1.165, 1.54) is 25.7 Å². The molecule has 0 fully saturated rings. The second-order valence-corrected chi connectivity index (χ2v) is 14.5. The van der Waals surface area contributed by atoms with Crippen LogP contribution >= 0.6 is 7.82 Å². The molecule has 0 heterocycles. The summed E-state index contributed by atoms with van der Waals surface area (Å²) >= 11 is 0. The Kier molecular flexibility index (Phi) is 33.4. The number of allylic oxidation sites excluding steroid dienone is 10. The molecule has 304 valence electrons. The number of unbranched alkanes of at least 4 members (excludes halogenated alkanes) is 5. The summed E-state index contributed by atoms with van der Waals surface area (Å²) in [5, 5.41) is 28.2. The summed E-state index contributed by atoms with van der Waals surface area (Å²) in [6.07, 6.45) is 33.7. The minimum absolute atomic E-state index is 0.0897. The molecule has 0 aromatic carbocycles. The first-order valence-electron chi connectivity index (χ1n) is 19.4. The fourth-order valence-electron chi connectivity index (χ4n) is 4.61. The van der Waals surface area contributed by atoms with Gasteiger partial charge in [0.15, 0.2) is 6.10 Å². The molecule has 11 nitrogen and oxygen atoms in total. The highest BCUT2D eigenvalue weighted by molar-refractivity contribution is 7.47. The second kappa shape index (κ2) is 35.1. The van der Waals surface area contributed by atoms with Crippen LogP contribution in [0.5, 0.6) is 0 Å². The normalized spacial score (nSPS) is 16.0. The summed E-state index contributed by atoms with van der Waals surface area (Å²) in [6.45, 7) is 4.31. The van der Waals surface area contributed by atoms with Gasteiger partial charge in [0.25, 0.3) is 0 Å². The van der Waals surface area contributed by atoms with Gasteiger partial charge in [0.2, 0.25) is 0 Å². The molecule has 0 saturated heterocycles. The molecule has 0 aliphatic rings. The van der Waals surface area contributed by atoms with Gasteiger partial charge < -0.3 is 29.7 Å². The highest BCUT2D eigenvalue weighted by atomic mass is 31.2. The third kappa shape index (κ3) is 34.9. The zero-order chi connectivity index (χ0) is 39.4. The van der Waals surface area contributed by atoms with E-state index in [1.807, 2.05) is 54.7 Å². The van der Waals surface area contributed by atoms with Crippen molar-refractivity contribution in [2.75, 3.05) is 26.4 Å². The lowest BCUT2D eigenvalue weighted by atomic mass is 10.00. The van der Waals surface area contributed by atoms with Crippen molar-refractivity contribution in [3.05, 3.63) is 72.9 Å². The van der Waals surface area contributed by atoms with Crippen molar-refractivity contribution in [3.63, 3.8) is 0 Å². The molecule has 0 aliphatic carbocycles. The number of hydrogen-bond acceptors (Lipinski definition) is 10. The topological polar surface area (TPSA) is 169 Å². The van der Waals surface area contributed by atoms with Crippen LogP contribution in [-0.2, 0) is 32.7 Å². The SMILES string of the molecule is CC/C=C\C/C=C\CC(O)/C=C/C=C\C/C=C\C/C=C\CCC(=O)OC[C@H](COP(=O)(O)OC[C@@H](O)CO)OC(=O)CCCCCCCCC(C)CC. The van der Waals surface area contributed by atoms with Crippen LogP contribution < -0.4 is 0 Å². The molecule has 0 amide bonds. The lowest BCUT2D eigenvalue weighted by Crippen LogP contribution is -2.29. The standard InChI is InChI=1S/C41H69O11P/c1-4-6-7-8-18-23-28-37(43)29-24-19-13-11-9-10-12-14-20-25-30-40(45)49-34-39(35-51-53(47,48)50-33-38(44)32-42)52-41(46)31-26-21-16-15-17-22-27-36(3)5-2/h6-7,9-10,13-14,18-20,23-24,29,36-39,42-44H,4-5,8,11-12,15-17,21-22,25-28,30-35H2,1-3H3,(H,47,48)/b7-6-,10-9-,19-13-,20-14-,23-18-,29-24+/t36?,37?,38-,39+/m0/s1. The lowest BCUT2D eigenvalue weighted by molar-refractivity contribution is -0.161. The van der Waals surface area contributed by atoms with Crippen LogP contribution in [0.15, 0.2) is 72.9 Å². The highest BCUT2D eigenvalue weighted by Gasteiger charge is 2.27. The van der Waals surface area contributed by atoms with Crippen LogP contribution in [0.2, 0.25) is 0 Å². The average molecular weight is 769 g/mol. The van der Waals surface area contributed by atoms with Crippen LogP contribution in [-0.4, -0.2) is 76.9 Å². The number of carbonyl (C=O) groups excluding carboxylic acids is 2. The molecular weight excluding hydrogens is 699 g/mol. The summed E-state index contributed by atoms with van der Waals surface area (Å²) in [7, 11) is -4.64. The Morgan fingerprint density at radius 2 is 1.34 bits per heavy atom. The van der Waals surface area contributed by atoms with E-state index in [9.17, 15) is 29.3 Å². The summed E-state index contributed by atoms with van der Waals surface area (Å²) in [6, 6.07) is 0. The Labute approximate surface area is 319 Å². The Balaban J connectivity index is 4.54. The van der Waals surface area contributed by atoms with Crippen molar-refractivity contribution in [1.29, 1.82) is 0 Å². The first-order valence-corrected chi connectivity index (χ1v) is 20.9. The molecule has 0 spiro atoms. The molecule has 0 aromatic heterocycles. The van der Waals surface area contributed by atoms with Crippen LogP contribution in [0.1, 0.15) is 124 Å². The molecule has 0 aliphatic heterocycles. The van der Waals surface area contributed by atoms with E-state index < -0.39 is 57.9 Å². The number of hydrogen-bond donors (Lipinski definition) is 4. The second-order valence-electron chi connectivity index (χ2n) is 13.0. The van der Waals surface area contributed by atoms with Gasteiger partial charge in [0, 0.05) is 12.8 Å². The van der Waals surface area contributed by atoms with E-state index >= 15 is 0 Å². The van der Waals surface area contributed by atoms with Gasteiger partial charge in [0.1, 0.15) is 12.7 Å². The summed E-state index contributed by atoms with van der Waals surface area (Å²) in [5.74, 6) is -0.314. The smallest absolute Gasteiger partial charge is 0.462 e. The number of rotatable bonds is 34. The molecule has 4 N–H and O–H groups in total. The van der Waals surface area contributed by atoms with Crippen LogP contribution in [0, 0.1) is 5.92 Å². The molecule has 12 heteroatoms. The average Bonchev–Trinajstić information content (AvgIpc) is 3.14. The van der Waals surface area contributed by atoms with Gasteiger partial charge in [-0.15, -0.1) is 0 Å². The predicted octanol–water partition coefficient (Wildman–Crippen LogP) is 8.54. The third-order valence-electron chi connectivity index (χ3n) is 8.01. The Morgan fingerprint density at radius 1 is 0.717 bits per heavy atom. The maximum absolute atomic E-state index is 12.5. The van der Waals surface area contributed by atoms with Gasteiger partial charge in [-0.05, 0) is 50.9 Å². The van der Waals surface area contributed by atoms with E-state index in [0.29, 0.717) is 25.7 Å². The third-order valence-corrected chi connectivity index (χ3v) is 8.96. The lowest BCUT2D eigenvalue weighted by Gasteiger charge is -2.20. The van der Waals surface area contributed by atoms with E-state index in [1.54, 1.807) is 6.08 Å². The summed E-state index contributed by atoms with van der Waals surface area (Å²) < 4.78 is 32.4. The monoisotopic (exact) mass is 768 g/mol. The van der Waals surface area contributed by atoms with Crippen LogP contribution in [0.3, 0.4) is 0 Å². The van der Waals surface area contributed by atoms with Crippen LogP contribution in [0.4, 0.5) is 0 Å². The molecule has 0 bridgehead atoms. The van der Waals surface area contributed by atoms with E-state index in [2.05, 4.69) is 37.4 Å². The van der Waals surface area contributed by atoms with Crippen molar-refractivity contribution in [2.45, 2.75) is 142 Å². The minimum Gasteiger partial charge on any atom is -0.462 e. The molecule has 0 aromatic rings. The number of phosphoric ester groups is 1. The summed E-state index contributed by atoms with van der Waals surface area (Å²) in [5.41, 5.74) is 0. The van der Waals surface area contributed by atoms with Crippen molar-refractivity contribution in [2.24, 2.45) is 5.92 Å². The quantitative estimate of drug-likeness (QED) is 0.0163. The van der Waals surface area contributed by atoms with Crippen molar-refractivity contribution in [1.82, 2.24) is 0 Å². The van der Waals surface area contributed by atoms with Gasteiger partial charge in [0.05, 0.1) is 25.9 Å². The van der Waals surface area contributed by atoms with Gasteiger partial charge in [-0.2, -0.15) is 0 Å². The summed E-state index contributed by atoms with van der Waals surface area (Å²) in [4.78, 5) is 34.8. The number of phosphoric acid groups is 1. The van der Waals surface area contributed by atoms with E-state index in [0.717, 1.165) is 44.4 Å². The van der Waals surface area contributed by atoms with Gasteiger partial charge in [-0.25, -0.2) is 4.57 Å². The number of ether oxygens (including phenoxy) is 2. The van der Waals surface area contributed by atoms with Gasteiger partial charge in [-0.1, -0.05) is 139 Å². The van der Waals surface area contributed by atoms with E-state index in [-0.39, 0.29) is 19.4 Å². The number of carbonyl (C=O) groups is 2. The first-order chi connectivity index (χ1) is 25.5. The molecule has 53 heavy (non-hydrogen) atoms. The predicted molar refractivity (Wildman–Crippen MR) is 211 cm³/mol. The Morgan fingerprint density at radius 3 is 2.04 bits per heavy atom. The maximum Gasteiger partial charge on any atom is 0.472 e. The fourth-order valence-corrected chi connectivity index (χ4v) is 5.40. The molecular formula is C41H69O11P. The Bertz CT molecular complexity index is 1140. The van der Waals surface area contributed by atoms with Crippen molar-refractivity contribution in [3.8, 4) is 0 Å². The maximum atomic E-state index is 12.5. The molecule has 0 saturated carbocycles. The van der Waals surface area contributed by atoms with Gasteiger partial charge >= 0.3 is 19.8 Å². The fraction of sp³-hybridized carbons (Fsp3) is 0.659. The van der Waals surface area contributed by atoms with Gasteiger partial charge in [-0.3, -0.25) is 18.6 Å².